The molecule has 28 heavy (non-hydrogen) atoms. The smallest absolute Gasteiger partial charge is 0.339 e. The standard InChI is InChI=1S/C20H18ClN3O3S/c1-11-16(17(24-20(28)22-11)12-7-9-13(21)10-8-12)18(25)23-15-6-4-3-5-14(15)19(26)27-2/h3-10,17H,1-2H3,(H,23,25)(H2,22,24,28)/t17-/m0/s1. The number of allylic oxidation sites excluding steroid dienone is 1. The zero-order valence-electron chi connectivity index (χ0n) is 15.2. The Morgan fingerprint density at radius 1 is 1.14 bits per heavy atom. The number of rotatable bonds is 4. The second kappa shape index (κ2) is 8.41. The zero-order chi connectivity index (χ0) is 20.3. The predicted molar refractivity (Wildman–Crippen MR) is 112 cm³/mol. The lowest BCUT2D eigenvalue weighted by atomic mass is 9.95. The van der Waals surface area contributed by atoms with Gasteiger partial charge in [0.05, 0.1) is 30.0 Å². The Bertz CT molecular complexity index is 973. The van der Waals surface area contributed by atoms with E-state index in [0.717, 1.165) is 5.56 Å². The van der Waals surface area contributed by atoms with Crippen molar-refractivity contribution in [1.29, 1.82) is 0 Å². The molecule has 0 fully saturated rings. The molecule has 0 aromatic heterocycles. The largest absolute Gasteiger partial charge is 0.465 e. The number of carbonyl (C=O) groups is 2. The van der Waals surface area contributed by atoms with Gasteiger partial charge in [-0.3, -0.25) is 4.79 Å². The Morgan fingerprint density at radius 2 is 1.82 bits per heavy atom. The van der Waals surface area contributed by atoms with Gasteiger partial charge in [-0.1, -0.05) is 35.9 Å². The lowest BCUT2D eigenvalue weighted by Gasteiger charge is -2.30. The fourth-order valence-electron chi connectivity index (χ4n) is 2.97. The Kier molecular flexibility index (Phi) is 5.96. The number of methoxy groups -OCH3 is 1. The van der Waals surface area contributed by atoms with E-state index >= 15 is 0 Å². The summed E-state index contributed by atoms with van der Waals surface area (Å²) in [5.41, 5.74) is 2.54. The van der Waals surface area contributed by atoms with Crippen molar-refractivity contribution in [2.75, 3.05) is 12.4 Å². The summed E-state index contributed by atoms with van der Waals surface area (Å²) in [4.78, 5) is 25.1. The van der Waals surface area contributed by atoms with E-state index in [1.807, 2.05) is 12.1 Å². The molecule has 8 heteroatoms. The van der Waals surface area contributed by atoms with E-state index in [4.69, 9.17) is 28.6 Å². The minimum absolute atomic E-state index is 0.270. The zero-order valence-corrected chi connectivity index (χ0v) is 16.8. The maximum absolute atomic E-state index is 13.1. The summed E-state index contributed by atoms with van der Waals surface area (Å²) in [6.07, 6.45) is 0. The first-order valence-electron chi connectivity index (χ1n) is 8.43. The lowest BCUT2D eigenvalue weighted by molar-refractivity contribution is -0.113. The summed E-state index contributed by atoms with van der Waals surface area (Å²) in [5.74, 6) is -0.895. The Labute approximate surface area is 172 Å². The van der Waals surface area contributed by atoms with E-state index in [2.05, 4.69) is 16.0 Å². The van der Waals surface area contributed by atoms with E-state index in [1.54, 1.807) is 43.3 Å². The fourth-order valence-corrected chi connectivity index (χ4v) is 3.37. The third-order valence-corrected chi connectivity index (χ3v) is 4.77. The Balaban J connectivity index is 1.96. The number of esters is 1. The molecular weight excluding hydrogens is 398 g/mol. The van der Waals surface area contributed by atoms with Crippen LogP contribution in [0.25, 0.3) is 0 Å². The number of thiocarbonyl (C=S) groups is 1. The van der Waals surface area contributed by atoms with Crippen molar-refractivity contribution in [1.82, 2.24) is 10.6 Å². The number of ether oxygens (including phenoxy) is 1. The van der Waals surface area contributed by atoms with E-state index in [-0.39, 0.29) is 11.5 Å². The van der Waals surface area contributed by atoms with Crippen LogP contribution in [0, 0.1) is 0 Å². The number of anilines is 1. The van der Waals surface area contributed by atoms with Crippen LogP contribution in [-0.2, 0) is 9.53 Å². The summed E-state index contributed by atoms with van der Waals surface area (Å²) in [7, 11) is 1.29. The van der Waals surface area contributed by atoms with E-state index < -0.39 is 12.0 Å². The number of hydrogen-bond acceptors (Lipinski definition) is 4. The number of carbonyl (C=O) groups excluding carboxylic acids is 2. The molecule has 2 aromatic rings. The molecule has 1 aliphatic heterocycles. The van der Waals surface area contributed by atoms with Gasteiger partial charge in [0, 0.05) is 10.7 Å². The van der Waals surface area contributed by atoms with Crippen LogP contribution < -0.4 is 16.0 Å². The molecule has 0 aliphatic carbocycles. The van der Waals surface area contributed by atoms with Crippen LogP contribution in [0.4, 0.5) is 5.69 Å². The van der Waals surface area contributed by atoms with Crippen molar-refractivity contribution in [2.45, 2.75) is 13.0 Å². The number of nitrogens with one attached hydrogen (secondary N) is 3. The minimum Gasteiger partial charge on any atom is -0.465 e. The summed E-state index contributed by atoms with van der Waals surface area (Å²) in [6.45, 7) is 1.77. The maximum Gasteiger partial charge on any atom is 0.339 e. The molecule has 0 spiro atoms. The van der Waals surface area contributed by atoms with Crippen LogP contribution in [0.3, 0.4) is 0 Å². The highest BCUT2D eigenvalue weighted by Crippen LogP contribution is 2.29. The van der Waals surface area contributed by atoms with Crippen molar-refractivity contribution >= 4 is 46.5 Å². The average molecular weight is 416 g/mol. The van der Waals surface area contributed by atoms with Crippen molar-refractivity contribution in [3.8, 4) is 0 Å². The first-order chi connectivity index (χ1) is 13.4. The normalized spacial score (nSPS) is 16.1. The molecule has 0 saturated heterocycles. The van der Waals surface area contributed by atoms with Crippen molar-refractivity contribution in [3.63, 3.8) is 0 Å². The molecule has 0 unspecified atom stereocenters. The van der Waals surface area contributed by atoms with Crippen molar-refractivity contribution in [3.05, 3.63) is 76.0 Å². The summed E-state index contributed by atoms with van der Waals surface area (Å²) in [6, 6.07) is 13.4. The second-order valence-electron chi connectivity index (χ2n) is 6.11. The predicted octanol–water partition coefficient (Wildman–Crippen LogP) is 3.56. The van der Waals surface area contributed by atoms with E-state index in [9.17, 15) is 9.59 Å². The molecule has 0 radical (unpaired) electrons. The topological polar surface area (TPSA) is 79.5 Å². The summed E-state index contributed by atoms with van der Waals surface area (Å²) in [5, 5.41) is 9.91. The SMILES string of the molecule is COC(=O)c1ccccc1NC(=O)C1=C(C)NC(=S)N[C@H]1c1ccc(Cl)cc1. The molecule has 3 N–H and O–H groups in total. The minimum atomic E-state index is -0.531. The van der Waals surface area contributed by atoms with Crippen molar-refractivity contribution in [2.24, 2.45) is 0 Å². The molecule has 1 atom stereocenters. The molecule has 1 amide bonds. The molecule has 144 valence electrons. The van der Waals surface area contributed by atoms with Crippen LogP contribution in [0.15, 0.2) is 59.8 Å². The van der Waals surface area contributed by atoms with Crippen LogP contribution in [0.5, 0.6) is 0 Å². The highest BCUT2D eigenvalue weighted by molar-refractivity contribution is 7.80. The Morgan fingerprint density at radius 3 is 2.50 bits per heavy atom. The highest BCUT2D eigenvalue weighted by atomic mass is 35.5. The van der Waals surface area contributed by atoms with Gasteiger partial charge in [-0.15, -0.1) is 0 Å². The van der Waals surface area contributed by atoms with Gasteiger partial charge in [-0.25, -0.2) is 4.79 Å². The first-order valence-corrected chi connectivity index (χ1v) is 9.21. The third-order valence-electron chi connectivity index (χ3n) is 4.30. The number of amides is 1. The molecule has 0 bridgehead atoms. The average Bonchev–Trinajstić information content (AvgIpc) is 2.67. The van der Waals surface area contributed by atoms with Gasteiger partial charge < -0.3 is 20.7 Å². The Hall–Kier alpha value is -2.90. The van der Waals surface area contributed by atoms with E-state index in [0.29, 0.717) is 27.1 Å². The molecule has 0 saturated carbocycles. The lowest BCUT2D eigenvalue weighted by Crippen LogP contribution is -2.45. The molecule has 6 nitrogen and oxygen atoms in total. The van der Waals surface area contributed by atoms with Gasteiger partial charge in [-0.05, 0) is 49.0 Å². The fraction of sp³-hybridized carbons (Fsp3) is 0.150. The number of benzene rings is 2. The van der Waals surface area contributed by atoms with Gasteiger partial charge in [-0.2, -0.15) is 0 Å². The second-order valence-corrected chi connectivity index (χ2v) is 6.96. The van der Waals surface area contributed by atoms with Gasteiger partial charge in [0.15, 0.2) is 5.11 Å². The van der Waals surface area contributed by atoms with Crippen LogP contribution in [-0.4, -0.2) is 24.1 Å². The number of halogens is 1. The molecule has 2 aromatic carbocycles. The van der Waals surface area contributed by atoms with Gasteiger partial charge in [0.2, 0.25) is 0 Å². The van der Waals surface area contributed by atoms with Crippen LogP contribution in [0.2, 0.25) is 5.02 Å². The van der Waals surface area contributed by atoms with Crippen LogP contribution >= 0.6 is 23.8 Å². The number of hydrogen-bond donors (Lipinski definition) is 3. The summed E-state index contributed by atoms with van der Waals surface area (Å²) < 4.78 is 4.78. The summed E-state index contributed by atoms with van der Waals surface area (Å²) >= 11 is 11.2. The number of para-hydroxylation sites is 1. The third kappa shape index (κ3) is 4.16. The highest BCUT2D eigenvalue weighted by Gasteiger charge is 2.30. The van der Waals surface area contributed by atoms with Gasteiger partial charge >= 0.3 is 5.97 Å². The van der Waals surface area contributed by atoms with E-state index in [1.165, 1.54) is 7.11 Å². The quantitative estimate of drug-likeness (QED) is 0.523. The first kappa shape index (κ1) is 19.9. The van der Waals surface area contributed by atoms with Crippen LogP contribution in [0.1, 0.15) is 28.9 Å². The van der Waals surface area contributed by atoms with Crippen molar-refractivity contribution < 1.29 is 14.3 Å². The molecule has 1 heterocycles. The molecule has 3 rings (SSSR count). The van der Waals surface area contributed by atoms with Gasteiger partial charge in [0.1, 0.15) is 0 Å². The monoisotopic (exact) mass is 415 g/mol. The van der Waals surface area contributed by atoms with Gasteiger partial charge in [0.25, 0.3) is 5.91 Å². The molecular formula is C20H18ClN3O3S. The maximum atomic E-state index is 13.1. The molecule has 1 aliphatic rings.